The number of ether oxygens (including phenoxy) is 3. The average Bonchev–Trinajstić information content (AvgIpc) is 3.61. The summed E-state index contributed by atoms with van der Waals surface area (Å²) in [5, 5.41) is 0. The number of hydrogen-bond acceptors (Lipinski definition) is 4. The number of para-hydroxylation sites is 1. The Morgan fingerprint density at radius 2 is 1.50 bits per heavy atom. The molecule has 3 aliphatic rings. The van der Waals surface area contributed by atoms with Gasteiger partial charge in [0.15, 0.2) is 16.9 Å². The van der Waals surface area contributed by atoms with Crippen LogP contribution in [0, 0.1) is 6.92 Å². The maximum Gasteiger partial charge on any atom is 0.416 e. The standard InChI is InChI=1S/C32H23F3NO4/c1-20-10-12-21(13-11-20)16-36(17-22-6-2-3-7-23(22)32(33,34)35)26-9-5-4-8-24(26)31(30(36)37)18-38-27-15-29-28(14-25(27)31)39-19-40-29/h1-15H,16-19H2/q+1. The Hall–Kier alpha value is -4.30. The number of carbonyl (C=O) groups excluding carboxylic acids is 1. The minimum Gasteiger partial charge on any atom is -0.491 e. The Balaban J connectivity index is 1.47. The van der Waals surface area contributed by atoms with Crippen LogP contribution >= 0.6 is 0 Å². The number of hydrogen-bond donors (Lipinski definition) is 0. The van der Waals surface area contributed by atoms with Gasteiger partial charge in [0.2, 0.25) is 6.79 Å². The van der Waals surface area contributed by atoms with Crippen molar-refractivity contribution < 1.29 is 32.2 Å². The maximum atomic E-state index is 15.1. The second-order valence-corrected chi connectivity index (χ2v) is 10.4. The van der Waals surface area contributed by atoms with Crippen molar-refractivity contribution >= 4 is 11.6 Å². The van der Waals surface area contributed by atoms with Gasteiger partial charge in [-0.1, -0.05) is 60.7 Å². The van der Waals surface area contributed by atoms with E-state index in [9.17, 15) is 13.2 Å². The molecule has 1 spiro atoms. The van der Waals surface area contributed by atoms with Crippen LogP contribution in [0.1, 0.15) is 33.4 Å². The number of carbonyl (C=O) groups is 1. The van der Waals surface area contributed by atoms with E-state index in [0.717, 1.165) is 11.6 Å². The first-order valence-electron chi connectivity index (χ1n) is 12.8. The quantitative estimate of drug-likeness (QED) is 0.279. The number of benzene rings is 4. The van der Waals surface area contributed by atoms with Crippen LogP contribution < -0.4 is 18.7 Å². The average molecular weight is 543 g/mol. The molecule has 200 valence electrons. The molecule has 2 atom stereocenters. The van der Waals surface area contributed by atoms with Crippen molar-refractivity contribution in [2.75, 3.05) is 13.4 Å². The molecule has 0 N–H and O–H groups in total. The number of fused-ring (bicyclic) bond motifs is 5. The van der Waals surface area contributed by atoms with Crippen LogP contribution in [0.25, 0.3) is 0 Å². The third kappa shape index (κ3) is 3.48. The van der Waals surface area contributed by atoms with Crippen LogP contribution in [-0.2, 0) is 29.5 Å². The van der Waals surface area contributed by atoms with Crippen LogP contribution in [0.5, 0.6) is 17.2 Å². The lowest BCUT2D eigenvalue weighted by atomic mass is 9.77. The first kappa shape index (κ1) is 24.7. The van der Waals surface area contributed by atoms with E-state index in [-0.39, 0.29) is 42.4 Å². The van der Waals surface area contributed by atoms with Gasteiger partial charge in [-0.2, -0.15) is 13.2 Å². The summed E-state index contributed by atoms with van der Waals surface area (Å²) in [5.74, 6) is 1.26. The molecule has 8 heteroatoms. The highest BCUT2D eigenvalue weighted by molar-refractivity contribution is 6.08. The minimum atomic E-state index is -4.58. The second-order valence-electron chi connectivity index (χ2n) is 10.4. The van der Waals surface area contributed by atoms with Crippen LogP contribution in [0.2, 0.25) is 0 Å². The van der Waals surface area contributed by atoms with E-state index in [1.165, 1.54) is 12.1 Å². The first-order valence-corrected chi connectivity index (χ1v) is 12.8. The zero-order valence-electron chi connectivity index (χ0n) is 21.2. The number of halogens is 3. The molecule has 7 rings (SSSR count). The summed E-state index contributed by atoms with van der Waals surface area (Å²) in [5.41, 5.74) is 1.32. The van der Waals surface area contributed by atoms with E-state index < -0.39 is 17.2 Å². The Labute approximate surface area is 228 Å². The molecule has 0 aliphatic carbocycles. The summed E-state index contributed by atoms with van der Waals surface area (Å²) in [6.45, 7) is 5.93. The number of quaternary nitrogens is 1. The topological polar surface area (TPSA) is 44.8 Å². The summed E-state index contributed by atoms with van der Waals surface area (Å²) >= 11 is 0. The van der Waals surface area contributed by atoms with E-state index in [1.807, 2.05) is 36.4 Å². The highest BCUT2D eigenvalue weighted by atomic mass is 19.4. The molecular weight excluding hydrogens is 519 g/mol. The van der Waals surface area contributed by atoms with Crippen molar-refractivity contribution in [3.63, 3.8) is 0 Å². The summed E-state index contributed by atoms with van der Waals surface area (Å²) in [7, 11) is 0. The predicted octanol–water partition coefficient (Wildman–Crippen LogP) is 6.42. The fourth-order valence-corrected chi connectivity index (χ4v) is 6.37. The highest BCUT2D eigenvalue weighted by Gasteiger charge is 2.67. The molecule has 3 heterocycles. The summed E-state index contributed by atoms with van der Waals surface area (Å²) in [6, 6.07) is 23.4. The lowest BCUT2D eigenvalue weighted by Crippen LogP contribution is -2.56. The molecule has 2 radical (unpaired) electrons. The van der Waals surface area contributed by atoms with Crippen molar-refractivity contribution in [1.82, 2.24) is 4.48 Å². The zero-order valence-corrected chi connectivity index (χ0v) is 21.2. The summed E-state index contributed by atoms with van der Waals surface area (Å²) in [6.07, 6.45) is -4.58. The molecule has 1 amide bonds. The van der Waals surface area contributed by atoms with Crippen LogP contribution in [0.4, 0.5) is 18.9 Å². The molecule has 40 heavy (non-hydrogen) atoms. The van der Waals surface area contributed by atoms with Gasteiger partial charge in [0.25, 0.3) is 0 Å². The fourth-order valence-electron chi connectivity index (χ4n) is 6.37. The molecule has 0 saturated heterocycles. The Morgan fingerprint density at radius 3 is 2.27 bits per heavy atom. The van der Waals surface area contributed by atoms with Crippen molar-refractivity contribution in [3.05, 3.63) is 125 Å². The van der Waals surface area contributed by atoms with Gasteiger partial charge in [-0.25, -0.2) is 9.28 Å². The Bertz CT molecular complexity index is 1670. The number of nitrogens with zero attached hydrogens (tertiary/aromatic N) is 1. The van der Waals surface area contributed by atoms with Crippen molar-refractivity contribution in [2.24, 2.45) is 0 Å². The van der Waals surface area contributed by atoms with Gasteiger partial charge in [-0.15, -0.1) is 0 Å². The summed E-state index contributed by atoms with van der Waals surface area (Å²) < 4.78 is 59.4. The lowest BCUT2D eigenvalue weighted by Gasteiger charge is -2.34. The van der Waals surface area contributed by atoms with Crippen molar-refractivity contribution in [3.8, 4) is 17.2 Å². The minimum absolute atomic E-state index is 0.0176. The second kappa shape index (κ2) is 8.60. The van der Waals surface area contributed by atoms with Crippen LogP contribution in [0.15, 0.2) is 84.9 Å². The molecule has 0 fully saturated rings. The molecule has 0 bridgehead atoms. The number of alkyl halides is 3. The molecule has 0 saturated carbocycles. The number of amides is 1. The van der Waals surface area contributed by atoms with Crippen molar-refractivity contribution in [1.29, 1.82) is 0 Å². The van der Waals surface area contributed by atoms with E-state index in [1.54, 1.807) is 30.3 Å². The third-order valence-corrected chi connectivity index (χ3v) is 8.15. The first-order chi connectivity index (χ1) is 19.2. The predicted molar refractivity (Wildman–Crippen MR) is 141 cm³/mol. The smallest absolute Gasteiger partial charge is 0.416 e. The normalized spacial score (nSPS) is 22.4. The molecule has 3 aliphatic heterocycles. The largest absolute Gasteiger partial charge is 0.491 e. The SMILES string of the molecule is [CH]c1ccc(C[N+]2(Cc3ccccc3C(F)(F)F)C(=O)C3(COc4cc5c(cc43)OCO5)c3ccccc32)cc1. The van der Waals surface area contributed by atoms with Gasteiger partial charge >= 0.3 is 12.1 Å². The molecule has 4 aromatic rings. The molecule has 2 unspecified atom stereocenters. The highest BCUT2D eigenvalue weighted by Crippen LogP contribution is 2.58. The fraction of sp³-hybridized carbons (Fsp3) is 0.188. The lowest BCUT2D eigenvalue weighted by molar-refractivity contribution is -0.140. The zero-order chi connectivity index (χ0) is 27.7. The van der Waals surface area contributed by atoms with E-state index >= 15 is 4.79 Å². The molecule has 4 aromatic carbocycles. The third-order valence-electron chi connectivity index (χ3n) is 8.15. The molecule has 0 aromatic heterocycles. The van der Waals surface area contributed by atoms with Gasteiger partial charge in [0.05, 0.1) is 5.56 Å². The van der Waals surface area contributed by atoms with Crippen molar-refractivity contribution in [2.45, 2.75) is 24.7 Å². The van der Waals surface area contributed by atoms with Crippen LogP contribution in [-0.4, -0.2) is 19.3 Å². The Kier molecular flexibility index (Phi) is 5.31. The number of rotatable bonds is 4. The Morgan fingerprint density at radius 1 is 0.800 bits per heavy atom. The van der Waals surface area contributed by atoms with Gasteiger partial charge in [-0.05, 0) is 30.7 Å². The van der Waals surface area contributed by atoms with Gasteiger partial charge in [0.1, 0.15) is 31.1 Å². The van der Waals surface area contributed by atoms with Gasteiger partial charge < -0.3 is 14.2 Å². The van der Waals surface area contributed by atoms with Gasteiger partial charge in [-0.3, -0.25) is 0 Å². The van der Waals surface area contributed by atoms with Crippen LogP contribution in [0.3, 0.4) is 0 Å². The van der Waals surface area contributed by atoms with E-state index in [2.05, 4.69) is 0 Å². The van der Waals surface area contributed by atoms with E-state index in [4.69, 9.17) is 21.1 Å². The molecule has 5 nitrogen and oxygen atoms in total. The maximum absolute atomic E-state index is 15.1. The summed E-state index contributed by atoms with van der Waals surface area (Å²) in [4.78, 5) is 15.1. The van der Waals surface area contributed by atoms with E-state index in [0.29, 0.717) is 39.6 Å². The van der Waals surface area contributed by atoms with Gasteiger partial charge in [0, 0.05) is 28.3 Å². The monoisotopic (exact) mass is 542 g/mol. The molecular formula is C32H23F3NO4+.